The molecule has 0 spiro atoms. The molecule has 4 N–H and O–H groups in total. The Labute approximate surface area is 94.9 Å². The molecule has 5 heteroatoms. The quantitative estimate of drug-likeness (QED) is 0.530. The summed E-state index contributed by atoms with van der Waals surface area (Å²) in [5, 5.41) is 0. The van der Waals surface area contributed by atoms with Gasteiger partial charge in [-0.25, -0.2) is 10.2 Å². The Balaban J connectivity index is 2.40. The summed E-state index contributed by atoms with van der Waals surface area (Å²) in [6.07, 6.45) is -0.524. The molecule has 0 aliphatic rings. The van der Waals surface area contributed by atoms with E-state index in [0.717, 1.165) is 5.69 Å². The van der Waals surface area contributed by atoms with E-state index in [4.69, 9.17) is 10.5 Å². The highest BCUT2D eigenvalue weighted by Crippen LogP contribution is 2.10. The second-order valence-corrected chi connectivity index (χ2v) is 4.37. The number of nitrogens with two attached hydrogens (primary N) is 1. The van der Waals surface area contributed by atoms with E-state index >= 15 is 0 Å². The van der Waals surface area contributed by atoms with E-state index in [2.05, 4.69) is 10.9 Å². The molecule has 0 bridgehead atoms. The van der Waals surface area contributed by atoms with Crippen molar-refractivity contribution in [2.75, 3.05) is 11.2 Å². The van der Waals surface area contributed by atoms with E-state index in [0.29, 0.717) is 5.69 Å². The van der Waals surface area contributed by atoms with Crippen LogP contribution in [0.2, 0.25) is 0 Å². The second-order valence-electron chi connectivity index (χ2n) is 4.37. The minimum atomic E-state index is -0.524. The number of ether oxygens (including phenoxy) is 1. The summed E-state index contributed by atoms with van der Waals surface area (Å²) in [5.41, 5.74) is 11.6. The molecule has 88 valence electrons. The molecular weight excluding hydrogens is 206 g/mol. The fourth-order valence-corrected chi connectivity index (χ4v) is 0.993. The number of carbonyl (C=O) groups excluding carboxylic acids is 1. The molecule has 0 aliphatic heterocycles. The lowest BCUT2D eigenvalue weighted by atomic mass is 10.2. The van der Waals surface area contributed by atoms with Gasteiger partial charge in [-0.05, 0) is 45.0 Å². The highest BCUT2D eigenvalue weighted by atomic mass is 16.6. The average Bonchev–Trinajstić information content (AvgIpc) is 2.14. The van der Waals surface area contributed by atoms with Crippen LogP contribution in [0.5, 0.6) is 0 Å². The molecule has 0 unspecified atom stereocenters. The van der Waals surface area contributed by atoms with Gasteiger partial charge in [-0.15, -0.1) is 0 Å². The number of hydrogen-bond donors (Lipinski definition) is 3. The SMILES string of the molecule is CC(C)(C)OC(=O)NNc1ccc(N)cc1. The van der Waals surface area contributed by atoms with Crippen molar-refractivity contribution >= 4 is 17.5 Å². The molecule has 0 aliphatic carbocycles. The maximum atomic E-state index is 11.3. The number of carbonyl (C=O) groups is 1. The van der Waals surface area contributed by atoms with Crippen molar-refractivity contribution in [3.8, 4) is 0 Å². The van der Waals surface area contributed by atoms with E-state index in [1.165, 1.54) is 0 Å². The Morgan fingerprint density at radius 3 is 2.31 bits per heavy atom. The lowest BCUT2D eigenvalue weighted by Gasteiger charge is -2.20. The first-order valence-electron chi connectivity index (χ1n) is 4.97. The maximum Gasteiger partial charge on any atom is 0.426 e. The minimum absolute atomic E-state index is 0.507. The van der Waals surface area contributed by atoms with Crippen molar-refractivity contribution in [2.24, 2.45) is 0 Å². The zero-order chi connectivity index (χ0) is 12.2. The fraction of sp³-hybridized carbons (Fsp3) is 0.364. The molecule has 0 fully saturated rings. The van der Waals surface area contributed by atoms with Crippen LogP contribution >= 0.6 is 0 Å². The summed E-state index contributed by atoms with van der Waals surface area (Å²) >= 11 is 0. The van der Waals surface area contributed by atoms with Crippen LogP contribution in [0.3, 0.4) is 0 Å². The highest BCUT2D eigenvalue weighted by Gasteiger charge is 2.15. The Morgan fingerprint density at radius 2 is 1.81 bits per heavy atom. The van der Waals surface area contributed by atoms with Gasteiger partial charge in [0.25, 0.3) is 0 Å². The van der Waals surface area contributed by atoms with Crippen LogP contribution in [-0.2, 0) is 4.74 Å². The summed E-state index contributed by atoms with van der Waals surface area (Å²) in [5.74, 6) is 0. The minimum Gasteiger partial charge on any atom is -0.443 e. The third-order valence-corrected chi connectivity index (χ3v) is 1.62. The molecule has 0 aromatic heterocycles. The van der Waals surface area contributed by atoms with Crippen molar-refractivity contribution in [1.82, 2.24) is 5.43 Å². The summed E-state index contributed by atoms with van der Waals surface area (Å²) < 4.78 is 5.05. The summed E-state index contributed by atoms with van der Waals surface area (Å²) in [4.78, 5) is 11.3. The van der Waals surface area contributed by atoms with Crippen LogP contribution in [-0.4, -0.2) is 11.7 Å². The van der Waals surface area contributed by atoms with Gasteiger partial charge >= 0.3 is 6.09 Å². The van der Waals surface area contributed by atoms with Gasteiger partial charge in [0.15, 0.2) is 0 Å². The van der Waals surface area contributed by atoms with Gasteiger partial charge in [0.05, 0.1) is 5.69 Å². The molecule has 1 rings (SSSR count). The summed E-state index contributed by atoms with van der Waals surface area (Å²) in [7, 11) is 0. The van der Waals surface area contributed by atoms with Crippen LogP contribution in [0, 0.1) is 0 Å². The van der Waals surface area contributed by atoms with Crippen molar-refractivity contribution in [2.45, 2.75) is 26.4 Å². The Morgan fingerprint density at radius 1 is 1.25 bits per heavy atom. The Bertz CT molecular complexity index is 354. The van der Waals surface area contributed by atoms with Gasteiger partial charge in [0, 0.05) is 5.69 Å². The molecule has 5 nitrogen and oxygen atoms in total. The molecular formula is C11H17N3O2. The van der Waals surface area contributed by atoms with Gasteiger partial charge in [-0.2, -0.15) is 0 Å². The van der Waals surface area contributed by atoms with Gasteiger partial charge in [0.1, 0.15) is 5.60 Å². The second kappa shape index (κ2) is 4.74. The van der Waals surface area contributed by atoms with Crippen LogP contribution < -0.4 is 16.6 Å². The van der Waals surface area contributed by atoms with Gasteiger partial charge in [0.2, 0.25) is 0 Å². The summed E-state index contributed by atoms with van der Waals surface area (Å²) in [6.45, 7) is 5.40. The molecule has 1 aromatic rings. The largest absolute Gasteiger partial charge is 0.443 e. The number of hydrogen-bond acceptors (Lipinski definition) is 4. The summed E-state index contributed by atoms with van der Waals surface area (Å²) in [6, 6.07) is 6.98. The first-order chi connectivity index (χ1) is 7.37. The Kier molecular flexibility index (Phi) is 3.60. The standard InChI is InChI=1S/C11H17N3O2/c1-11(2,3)16-10(15)14-13-9-6-4-8(12)5-7-9/h4-7,13H,12H2,1-3H3,(H,14,15). The topological polar surface area (TPSA) is 76.4 Å². The highest BCUT2D eigenvalue weighted by molar-refractivity contribution is 5.70. The molecule has 0 saturated heterocycles. The third-order valence-electron chi connectivity index (χ3n) is 1.62. The number of nitrogens with one attached hydrogen (secondary N) is 2. The normalized spacial score (nSPS) is 10.7. The van der Waals surface area contributed by atoms with E-state index < -0.39 is 11.7 Å². The average molecular weight is 223 g/mol. The molecule has 0 radical (unpaired) electrons. The first-order valence-corrected chi connectivity index (χ1v) is 4.97. The number of amides is 1. The first kappa shape index (κ1) is 12.2. The number of benzene rings is 1. The number of nitrogen functional groups attached to an aromatic ring is 1. The van der Waals surface area contributed by atoms with Crippen molar-refractivity contribution < 1.29 is 9.53 Å². The fourth-order valence-electron chi connectivity index (χ4n) is 0.993. The zero-order valence-electron chi connectivity index (χ0n) is 9.70. The van der Waals surface area contributed by atoms with E-state index in [9.17, 15) is 4.79 Å². The van der Waals surface area contributed by atoms with E-state index in [1.807, 2.05) is 0 Å². The predicted molar refractivity (Wildman–Crippen MR) is 63.8 cm³/mol. The molecule has 16 heavy (non-hydrogen) atoms. The van der Waals surface area contributed by atoms with Crippen LogP contribution in [0.1, 0.15) is 20.8 Å². The third kappa shape index (κ3) is 4.54. The molecule has 1 amide bonds. The molecule has 0 heterocycles. The molecule has 0 atom stereocenters. The molecule has 0 saturated carbocycles. The van der Waals surface area contributed by atoms with Crippen molar-refractivity contribution in [3.63, 3.8) is 0 Å². The monoisotopic (exact) mass is 223 g/mol. The van der Waals surface area contributed by atoms with Gasteiger partial charge < -0.3 is 10.5 Å². The maximum absolute atomic E-state index is 11.3. The number of rotatable bonds is 2. The van der Waals surface area contributed by atoms with Crippen molar-refractivity contribution in [1.29, 1.82) is 0 Å². The number of hydrazine groups is 1. The van der Waals surface area contributed by atoms with Crippen LogP contribution in [0.4, 0.5) is 16.2 Å². The van der Waals surface area contributed by atoms with Gasteiger partial charge in [-0.1, -0.05) is 0 Å². The predicted octanol–water partition coefficient (Wildman–Crippen LogP) is 2.12. The van der Waals surface area contributed by atoms with Crippen molar-refractivity contribution in [3.05, 3.63) is 24.3 Å². The van der Waals surface area contributed by atoms with E-state index in [1.54, 1.807) is 45.0 Å². The lowest BCUT2D eigenvalue weighted by Crippen LogP contribution is -2.35. The lowest BCUT2D eigenvalue weighted by molar-refractivity contribution is 0.0541. The molecule has 1 aromatic carbocycles. The van der Waals surface area contributed by atoms with E-state index in [-0.39, 0.29) is 0 Å². The van der Waals surface area contributed by atoms with Gasteiger partial charge in [-0.3, -0.25) is 5.43 Å². The van der Waals surface area contributed by atoms with Crippen LogP contribution in [0.25, 0.3) is 0 Å². The Hall–Kier alpha value is -1.91. The van der Waals surface area contributed by atoms with Crippen LogP contribution in [0.15, 0.2) is 24.3 Å². The number of anilines is 2. The smallest absolute Gasteiger partial charge is 0.426 e. The zero-order valence-corrected chi connectivity index (χ0v) is 9.70.